The van der Waals surface area contributed by atoms with E-state index in [0.29, 0.717) is 34.3 Å². The molecule has 0 heterocycles. The van der Waals surface area contributed by atoms with Crippen molar-refractivity contribution in [2.75, 3.05) is 17.7 Å². The smallest absolute Gasteiger partial charge is 0.144 e. The standard InChI is InChI=1S/C16H16ClN3O/c1-2-7-21-16-9-12(4-6-14(16)19)20-15-8-11(10-18)3-5-13(15)17/h3-6,8-9,20H,2,7,19H2,1H3. The van der Waals surface area contributed by atoms with Gasteiger partial charge in [0.15, 0.2) is 0 Å². The highest BCUT2D eigenvalue weighted by atomic mass is 35.5. The molecular formula is C16H16ClN3O. The summed E-state index contributed by atoms with van der Waals surface area (Å²) in [5.41, 5.74) is 8.47. The van der Waals surface area contributed by atoms with Crippen LogP contribution in [0.5, 0.6) is 5.75 Å². The van der Waals surface area contributed by atoms with Crippen molar-refractivity contribution in [2.45, 2.75) is 13.3 Å². The van der Waals surface area contributed by atoms with Crippen LogP contribution in [0.4, 0.5) is 17.1 Å². The highest BCUT2D eigenvalue weighted by Gasteiger charge is 2.06. The molecule has 0 fully saturated rings. The molecule has 0 amide bonds. The molecule has 108 valence electrons. The fraction of sp³-hybridized carbons (Fsp3) is 0.188. The van der Waals surface area contributed by atoms with Crippen molar-refractivity contribution in [3.05, 3.63) is 47.0 Å². The lowest BCUT2D eigenvalue weighted by molar-refractivity contribution is 0.319. The van der Waals surface area contributed by atoms with E-state index < -0.39 is 0 Å². The molecule has 0 bridgehead atoms. The van der Waals surface area contributed by atoms with Gasteiger partial charge < -0.3 is 15.8 Å². The van der Waals surface area contributed by atoms with Gasteiger partial charge in [-0.2, -0.15) is 5.26 Å². The van der Waals surface area contributed by atoms with E-state index in [1.807, 2.05) is 19.1 Å². The summed E-state index contributed by atoms with van der Waals surface area (Å²) in [4.78, 5) is 0. The van der Waals surface area contributed by atoms with Crippen LogP contribution < -0.4 is 15.8 Å². The van der Waals surface area contributed by atoms with Crippen LogP contribution in [0.25, 0.3) is 0 Å². The van der Waals surface area contributed by atoms with Crippen LogP contribution in [0.3, 0.4) is 0 Å². The van der Waals surface area contributed by atoms with E-state index in [1.54, 1.807) is 24.3 Å². The molecule has 0 aromatic heterocycles. The van der Waals surface area contributed by atoms with Crippen LogP contribution in [0.1, 0.15) is 18.9 Å². The van der Waals surface area contributed by atoms with Gasteiger partial charge in [0.1, 0.15) is 5.75 Å². The molecule has 5 heteroatoms. The first-order valence-electron chi connectivity index (χ1n) is 6.63. The largest absolute Gasteiger partial charge is 0.491 e. The van der Waals surface area contributed by atoms with E-state index in [9.17, 15) is 0 Å². The monoisotopic (exact) mass is 301 g/mol. The number of anilines is 3. The zero-order valence-corrected chi connectivity index (χ0v) is 12.4. The zero-order valence-electron chi connectivity index (χ0n) is 11.7. The zero-order chi connectivity index (χ0) is 15.2. The number of halogens is 1. The Morgan fingerprint density at radius 3 is 2.81 bits per heavy atom. The molecule has 4 nitrogen and oxygen atoms in total. The normalized spacial score (nSPS) is 9.95. The van der Waals surface area contributed by atoms with Crippen molar-refractivity contribution < 1.29 is 4.74 Å². The molecule has 0 aliphatic carbocycles. The molecule has 0 radical (unpaired) electrons. The van der Waals surface area contributed by atoms with Gasteiger partial charge in [0.05, 0.1) is 34.6 Å². The number of ether oxygens (including phenoxy) is 1. The number of nitrogen functional groups attached to an aromatic ring is 1. The van der Waals surface area contributed by atoms with E-state index in [0.717, 1.165) is 12.1 Å². The predicted octanol–water partition coefficient (Wildman–Crippen LogP) is 4.33. The second-order valence-corrected chi connectivity index (χ2v) is 4.94. The minimum absolute atomic E-state index is 0.541. The first kappa shape index (κ1) is 15.0. The Kier molecular flexibility index (Phi) is 4.91. The lowest BCUT2D eigenvalue weighted by Gasteiger charge is -2.12. The van der Waals surface area contributed by atoms with Gasteiger partial charge >= 0.3 is 0 Å². The summed E-state index contributed by atoms with van der Waals surface area (Å²) in [6.45, 7) is 2.64. The minimum Gasteiger partial charge on any atom is -0.491 e. The summed E-state index contributed by atoms with van der Waals surface area (Å²) in [6, 6.07) is 12.6. The van der Waals surface area contributed by atoms with Crippen molar-refractivity contribution in [3.63, 3.8) is 0 Å². The Hall–Kier alpha value is -2.38. The number of rotatable bonds is 5. The molecular weight excluding hydrogens is 286 g/mol. The van der Waals surface area contributed by atoms with Gasteiger partial charge in [0.2, 0.25) is 0 Å². The average molecular weight is 302 g/mol. The second-order valence-electron chi connectivity index (χ2n) is 4.53. The van der Waals surface area contributed by atoms with E-state index in [1.165, 1.54) is 0 Å². The SMILES string of the molecule is CCCOc1cc(Nc2cc(C#N)ccc2Cl)ccc1N. The first-order chi connectivity index (χ1) is 10.1. The van der Waals surface area contributed by atoms with Gasteiger partial charge in [-0.05, 0) is 36.8 Å². The Morgan fingerprint density at radius 2 is 2.10 bits per heavy atom. The van der Waals surface area contributed by atoms with Gasteiger partial charge in [-0.1, -0.05) is 18.5 Å². The van der Waals surface area contributed by atoms with Crippen molar-refractivity contribution in [2.24, 2.45) is 0 Å². The van der Waals surface area contributed by atoms with Gasteiger partial charge in [-0.25, -0.2) is 0 Å². The minimum atomic E-state index is 0.541. The molecule has 0 atom stereocenters. The number of nitrogens with zero attached hydrogens (tertiary/aromatic N) is 1. The molecule has 0 saturated heterocycles. The summed E-state index contributed by atoms with van der Waals surface area (Å²) in [5.74, 6) is 0.634. The lowest BCUT2D eigenvalue weighted by atomic mass is 10.2. The third-order valence-corrected chi connectivity index (χ3v) is 3.18. The van der Waals surface area contributed by atoms with Crippen LogP contribution >= 0.6 is 11.6 Å². The van der Waals surface area contributed by atoms with Crippen molar-refractivity contribution in [3.8, 4) is 11.8 Å². The molecule has 2 rings (SSSR count). The fourth-order valence-electron chi connectivity index (χ4n) is 1.80. The molecule has 3 N–H and O–H groups in total. The lowest BCUT2D eigenvalue weighted by Crippen LogP contribution is -2.00. The Bertz CT molecular complexity index is 680. The van der Waals surface area contributed by atoms with Crippen molar-refractivity contribution in [1.82, 2.24) is 0 Å². The maximum Gasteiger partial charge on any atom is 0.144 e. The maximum atomic E-state index is 8.94. The molecule has 2 aromatic rings. The summed E-state index contributed by atoms with van der Waals surface area (Å²) in [5, 5.41) is 12.7. The molecule has 2 aromatic carbocycles. The molecule has 21 heavy (non-hydrogen) atoms. The molecule has 0 unspecified atom stereocenters. The maximum absolute atomic E-state index is 8.94. The van der Waals surface area contributed by atoms with Gasteiger partial charge in [0.25, 0.3) is 0 Å². The van der Waals surface area contributed by atoms with Crippen LogP contribution in [0, 0.1) is 11.3 Å². The number of nitrogens with one attached hydrogen (secondary N) is 1. The van der Waals surface area contributed by atoms with E-state index in [4.69, 9.17) is 27.3 Å². The van der Waals surface area contributed by atoms with Gasteiger partial charge in [-0.3, -0.25) is 0 Å². The van der Waals surface area contributed by atoms with Crippen molar-refractivity contribution in [1.29, 1.82) is 5.26 Å². The predicted molar refractivity (Wildman–Crippen MR) is 86.1 cm³/mol. The Morgan fingerprint density at radius 1 is 1.29 bits per heavy atom. The first-order valence-corrected chi connectivity index (χ1v) is 7.01. The number of benzene rings is 2. The number of hydrogen-bond acceptors (Lipinski definition) is 4. The number of nitriles is 1. The highest BCUT2D eigenvalue weighted by molar-refractivity contribution is 6.33. The average Bonchev–Trinajstić information content (AvgIpc) is 2.50. The summed E-state index contributed by atoms with van der Waals surface area (Å²) < 4.78 is 5.59. The van der Waals surface area contributed by atoms with Crippen LogP contribution in [-0.2, 0) is 0 Å². The summed E-state index contributed by atoms with van der Waals surface area (Å²) in [6.07, 6.45) is 0.910. The topological polar surface area (TPSA) is 71.1 Å². The molecule has 0 aliphatic rings. The van der Waals surface area contributed by atoms with Crippen LogP contribution in [-0.4, -0.2) is 6.61 Å². The molecule has 0 spiro atoms. The third kappa shape index (κ3) is 3.80. The van der Waals surface area contributed by atoms with E-state index in [2.05, 4.69) is 11.4 Å². The number of hydrogen-bond donors (Lipinski definition) is 2. The number of nitrogens with two attached hydrogens (primary N) is 1. The molecule has 0 saturated carbocycles. The highest BCUT2D eigenvalue weighted by Crippen LogP contribution is 2.30. The second kappa shape index (κ2) is 6.87. The van der Waals surface area contributed by atoms with E-state index >= 15 is 0 Å². The third-order valence-electron chi connectivity index (χ3n) is 2.85. The quantitative estimate of drug-likeness (QED) is 0.806. The summed E-state index contributed by atoms with van der Waals surface area (Å²) >= 11 is 6.13. The van der Waals surface area contributed by atoms with E-state index in [-0.39, 0.29) is 0 Å². The Labute approximate surface area is 129 Å². The molecule has 0 aliphatic heterocycles. The van der Waals surface area contributed by atoms with Gasteiger partial charge in [0, 0.05) is 11.8 Å². The van der Waals surface area contributed by atoms with Crippen molar-refractivity contribution >= 4 is 28.7 Å². The Balaban J connectivity index is 2.25. The summed E-state index contributed by atoms with van der Waals surface area (Å²) in [7, 11) is 0. The van der Waals surface area contributed by atoms with Gasteiger partial charge in [-0.15, -0.1) is 0 Å². The fourth-order valence-corrected chi connectivity index (χ4v) is 1.96. The van der Waals surface area contributed by atoms with Crippen LogP contribution in [0.15, 0.2) is 36.4 Å². The van der Waals surface area contributed by atoms with Crippen LogP contribution in [0.2, 0.25) is 5.02 Å².